The fourth-order valence-electron chi connectivity index (χ4n) is 2.52. The summed E-state index contributed by atoms with van der Waals surface area (Å²) in [5, 5.41) is 29.4. The first-order valence-electron chi connectivity index (χ1n) is 6.49. The molecule has 1 aliphatic carbocycles. The first-order chi connectivity index (χ1) is 10.7. The van der Waals surface area contributed by atoms with E-state index >= 15 is 0 Å². The number of non-ortho nitro benzene ring substituents is 1. The summed E-state index contributed by atoms with van der Waals surface area (Å²) < 4.78 is 14.3. The van der Waals surface area contributed by atoms with Crippen molar-refractivity contribution >= 4 is 17.6 Å². The number of benzene rings is 1. The van der Waals surface area contributed by atoms with E-state index in [0.29, 0.717) is 11.6 Å². The maximum Gasteiger partial charge on any atom is 0.331 e. The van der Waals surface area contributed by atoms with Gasteiger partial charge in [-0.25, -0.2) is 9.18 Å². The Morgan fingerprint density at radius 2 is 2.00 bits per heavy atom. The molecule has 23 heavy (non-hydrogen) atoms. The van der Waals surface area contributed by atoms with E-state index in [4.69, 9.17) is 0 Å². The molecule has 0 saturated carbocycles. The molecule has 0 spiro atoms. The van der Waals surface area contributed by atoms with E-state index in [1.54, 1.807) is 0 Å². The van der Waals surface area contributed by atoms with E-state index in [1.807, 2.05) is 0 Å². The zero-order valence-corrected chi connectivity index (χ0v) is 11.9. The van der Waals surface area contributed by atoms with Crippen LogP contribution in [0.3, 0.4) is 0 Å². The van der Waals surface area contributed by atoms with Gasteiger partial charge in [0, 0.05) is 23.6 Å². The van der Waals surface area contributed by atoms with Crippen LogP contribution in [-0.2, 0) is 15.0 Å². The summed E-state index contributed by atoms with van der Waals surface area (Å²) in [6.45, 7) is 1.51. The van der Waals surface area contributed by atoms with Crippen LogP contribution >= 0.6 is 0 Å². The Morgan fingerprint density at radius 1 is 1.35 bits per heavy atom. The number of rotatable bonds is 4. The predicted octanol–water partition coefficient (Wildman–Crippen LogP) is 2.42. The molecule has 0 fully saturated rings. The van der Waals surface area contributed by atoms with Crippen LogP contribution in [0.2, 0.25) is 0 Å². The van der Waals surface area contributed by atoms with E-state index in [0.717, 1.165) is 12.1 Å². The third-order valence-corrected chi connectivity index (χ3v) is 3.83. The number of halogens is 1. The number of hydrogen-bond donors (Lipinski definition) is 2. The number of nitro benzene ring substituents is 1. The van der Waals surface area contributed by atoms with E-state index in [9.17, 15) is 34.3 Å². The smallest absolute Gasteiger partial charge is 0.331 e. The first kappa shape index (κ1) is 16.3. The molecular weight excluding hydrogens is 309 g/mol. The Labute approximate surface area is 129 Å². The lowest BCUT2D eigenvalue weighted by molar-refractivity contribution is -0.385. The molecule has 7 nitrogen and oxygen atoms in total. The molecule has 0 heterocycles. The van der Waals surface area contributed by atoms with Crippen LogP contribution in [0.5, 0.6) is 0 Å². The second-order valence-corrected chi connectivity index (χ2v) is 5.17. The molecule has 0 aliphatic heterocycles. The summed E-state index contributed by atoms with van der Waals surface area (Å²) in [5.41, 5.74) is -2.54. The quantitative estimate of drug-likeness (QED) is 0.649. The average molecular weight is 321 g/mol. The topological polar surface area (TPSA) is 118 Å². The molecule has 2 rings (SSSR count). The van der Waals surface area contributed by atoms with Crippen molar-refractivity contribution in [3.05, 3.63) is 63.0 Å². The third kappa shape index (κ3) is 2.70. The predicted molar refractivity (Wildman–Crippen MR) is 76.5 cm³/mol. The highest BCUT2D eigenvalue weighted by molar-refractivity contribution is 5.93. The van der Waals surface area contributed by atoms with E-state index in [-0.39, 0.29) is 11.1 Å². The van der Waals surface area contributed by atoms with Crippen LogP contribution in [-0.4, -0.2) is 27.1 Å². The van der Waals surface area contributed by atoms with Crippen molar-refractivity contribution in [3.63, 3.8) is 0 Å². The minimum Gasteiger partial charge on any atom is -0.480 e. The zero-order chi connectivity index (χ0) is 17.4. The van der Waals surface area contributed by atoms with Gasteiger partial charge >= 0.3 is 11.9 Å². The maximum atomic E-state index is 14.3. The standard InChI is InChI=1S/C15H12FNO6/c1-8-4-5-15(14(20)21,7-10(8)13(18)19)11-3-2-9(17(22)23)6-12(11)16/h2-6H,7H2,1H3,(H,18,19)(H,20,21). The summed E-state index contributed by atoms with van der Waals surface area (Å²) in [4.78, 5) is 32.9. The van der Waals surface area contributed by atoms with E-state index in [1.165, 1.54) is 19.1 Å². The summed E-state index contributed by atoms with van der Waals surface area (Å²) in [6, 6.07) is 2.62. The van der Waals surface area contributed by atoms with E-state index < -0.39 is 40.2 Å². The first-order valence-corrected chi connectivity index (χ1v) is 6.49. The van der Waals surface area contributed by atoms with Gasteiger partial charge in [-0.3, -0.25) is 14.9 Å². The number of carboxylic acid groups (broad SMARTS) is 2. The highest BCUT2D eigenvalue weighted by Gasteiger charge is 2.44. The van der Waals surface area contributed by atoms with Gasteiger partial charge in [-0.05, 0) is 18.6 Å². The number of carboxylic acids is 2. The minimum absolute atomic E-state index is 0.146. The third-order valence-electron chi connectivity index (χ3n) is 3.83. The van der Waals surface area contributed by atoms with Crippen LogP contribution in [0.25, 0.3) is 0 Å². The Kier molecular flexibility index (Phi) is 4.00. The van der Waals surface area contributed by atoms with Crippen LogP contribution in [0.15, 0.2) is 41.5 Å². The molecule has 1 aliphatic rings. The van der Waals surface area contributed by atoms with Crippen molar-refractivity contribution in [2.24, 2.45) is 0 Å². The lowest BCUT2D eigenvalue weighted by Crippen LogP contribution is -2.38. The summed E-state index contributed by atoms with van der Waals surface area (Å²) >= 11 is 0. The number of aliphatic carboxylic acids is 2. The van der Waals surface area contributed by atoms with Crippen LogP contribution in [0.4, 0.5) is 10.1 Å². The molecule has 8 heteroatoms. The van der Waals surface area contributed by atoms with E-state index in [2.05, 4.69) is 0 Å². The molecule has 0 radical (unpaired) electrons. The average Bonchev–Trinajstić information content (AvgIpc) is 2.47. The summed E-state index contributed by atoms with van der Waals surface area (Å²) in [5.74, 6) is -3.80. The van der Waals surface area contributed by atoms with Gasteiger partial charge in [0.2, 0.25) is 0 Å². The number of hydrogen-bond acceptors (Lipinski definition) is 4. The van der Waals surface area contributed by atoms with Gasteiger partial charge in [0.05, 0.1) is 11.0 Å². The number of allylic oxidation sites excluding steroid dienone is 2. The lowest BCUT2D eigenvalue weighted by atomic mass is 9.71. The van der Waals surface area contributed by atoms with Crippen LogP contribution < -0.4 is 0 Å². The fourth-order valence-corrected chi connectivity index (χ4v) is 2.52. The van der Waals surface area contributed by atoms with Crippen LogP contribution in [0.1, 0.15) is 18.9 Å². The highest BCUT2D eigenvalue weighted by Crippen LogP contribution is 2.40. The molecule has 1 aromatic carbocycles. The van der Waals surface area contributed by atoms with Crippen molar-refractivity contribution in [1.29, 1.82) is 0 Å². The Morgan fingerprint density at radius 3 is 2.48 bits per heavy atom. The second-order valence-electron chi connectivity index (χ2n) is 5.17. The number of nitrogens with zero attached hydrogens (tertiary/aromatic N) is 1. The van der Waals surface area contributed by atoms with Gasteiger partial charge in [0.15, 0.2) is 0 Å². The molecule has 1 unspecified atom stereocenters. The lowest BCUT2D eigenvalue weighted by Gasteiger charge is -2.30. The van der Waals surface area contributed by atoms with Crippen molar-refractivity contribution in [1.82, 2.24) is 0 Å². The Hall–Kier alpha value is -3.03. The number of carbonyl (C=O) groups is 2. The van der Waals surface area contributed by atoms with Gasteiger partial charge in [-0.1, -0.05) is 12.2 Å². The summed E-state index contributed by atoms with van der Waals surface area (Å²) in [6.07, 6.45) is 2.07. The molecule has 120 valence electrons. The molecule has 1 aromatic rings. The highest BCUT2D eigenvalue weighted by atomic mass is 19.1. The Bertz CT molecular complexity index is 782. The zero-order valence-electron chi connectivity index (χ0n) is 11.9. The van der Waals surface area contributed by atoms with Crippen molar-refractivity contribution in [2.45, 2.75) is 18.8 Å². The second kappa shape index (κ2) is 5.64. The van der Waals surface area contributed by atoms with Gasteiger partial charge in [0.25, 0.3) is 5.69 Å². The van der Waals surface area contributed by atoms with Crippen molar-refractivity contribution in [2.75, 3.05) is 0 Å². The largest absolute Gasteiger partial charge is 0.480 e. The summed E-state index contributed by atoms with van der Waals surface area (Å²) in [7, 11) is 0. The van der Waals surface area contributed by atoms with Crippen molar-refractivity contribution in [3.8, 4) is 0 Å². The fraction of sp³-hybridized carbons (Fsp3) is 0.200. The molecule has 0 bridgehead atoms. The maximum absolute atomic E-state index is 14.3. The minimum atomic E-state index is -1.92. The normalized spacial score (nSPS) is 20.4. The molecule has 0 amide bonds. The molecule has 1 atom stereocenters. The van der Waals surface area contributed by atoms with Crippen LogP contribution in [0, 0.1) is 15.9 Å². The molecule has 2 N–H and O–H groups in total. The molecular formula is C15H12FNO6. The SMILES string of the molecule is CC1=C(C(=O)O)CC(C(=O)O)(c2ccc([N+](=O)[O-])cc2F)C=C1. The van der Waals surface area contributed by atoms with Gasteiger partial charge in [0.1, 0.15) is 11.2 Å². The van der Waals surface area contributed by atoms with Gasteiger partial charge in [-0.15, -0.1) is 0 Å². The Balaban J connectivity index is 2.62. The molecule has 0 aromatic heterocycles. The van der Waals surface area contributed by atoms with Crippen molar-refractivity contribution < 1.29 is 29.1 Å². The van der Waals surface area contributed by atoms with Gasteiger partial charge in [-0.2, -0.15) is 0 Å². The molecule has 0 saturated heterocycles. The monoisotopic (exact) mass is 321 g/mol. The van der Waals surface area contributed by atoms with Gasteiger partial charge < -0.3 is 10.2 Å². The number of nitro groups is 1.